The third kappa shape index (κ3) is 7.54. The van der Waals surface area contributed by atoms with Gasteiger partial charge in [0.25, 0.3) is 11.8 Å². The van der Waals surface area contributed by atoms with Gasteiger partial charge in [-0.15, -0.1) is 11.8 Å². The van der Waals surface area contributed by atoms with Crippen LogP contribution in [0.1, 0.15) is 28.4 Å². The van der Waals surface area contributed by atoms with Gasteiger partial charge in [0.2, 0.25) is 5.91 Å². The van der Waals surface area contributed by atoms with Crippen LogP contribution in [-0.4, -0.2) is 28.0 Å². The fraction of sp³-hybridized carbons (Fsp3) is 0.0882. The highest BCUT2D eigenvalue weighted by Gasteiger charge is 2.18. The van der Waals surface area contributed by atoms with E-state index in [2.05, 4.69) is 20.9 Å². The van der Waals surface area contributed by atoms with E-state index < -0.39 is 11.8 Å². The number of amides is 3. The van der Waals surface area contributed by atoms with Crippen molar-refractivity contribution < 1.29 is 14.4 Å². The minimum atomic E-state index is -0.473. The molecule has 4 N–H and O–H groups in total. The highest BCUT2D eigenvalue weighted by atomic mass is 35.5. The summed E-state index contributed by atoms with van der Waals surface area (Å²) in [5.41, 5.74) is 4.36. The standard InChI is InChI=1S/C34H29ClN4O3S/c1-21-12-13-25(35)19-30(21)38-32(40)22(2)43-27-16-14-26(15-17-27)37-34(42)31(39-33(41)23-8-4-3-5-9-23)18-24-20-36-29-11-7-6-10-28(24)29/h3-20,22,36H,1-2H3,(H,37,42)(H,38,40)(H,39,41). The number of fused-ring (bicyclic) bond motifs is 1. The number of aromatic amines is 1. The van der Waals surface area contributed by atoms with Gasteiger partial charge in [0.1, 0.15) is 5.70 Å². The SMILES string of the molecule is Cc1ccc(Cl)cc1NC(=O)C(C)Sc1ccc(NC(=O)C(=Cc2c[nH]c3ccccc23)NC(=O)c2ccccc2)cc1. The largest absolute Gasteiger partial charge is 0.361 e. The molecule has 0 bridgehead atoms. The molecule has 0 spiro atoms. The lowest BCUT2D eigenvalue weighted by molar-refractivity contribution is -0.115. The van der Waals surface area contributed by atoms with Crippen LogP contribution in [0.15, 0.2) is 114 Å². The smallest absolute Gasteiger partial charge is 0.272 e. The highest BCUT2D eigenvalue weighted by Crippen LogP contribution is 2.27. The molecular formula is C34H29ClN4O3S. The van der Waals surface area contributed by atoms with Gasteiger partial charge in [0.15, 0.2) is 0 Å². The predicted molar refractivity (Wildman–Crippen MR) is 175 cm³/mol. The third-order valence-corrected chi connectivity index (χ3v) is 8.05. The maximum atomic E-state index is 13.4. The molecule has 3 amide bonds. The lowest BCUT2D eigenvalue weighted by Gasteiger charge is -2.14. The summed E-state index contributed by atoms with van der Waals surface area (Å²) in [6.45, 7) is 3.73. The van der Waals surface area contributed by atoms with E-state index in [0.29, 0.717) is 22.0 Å². The van der Waals surface area contributed by atoms with Crippen LogP contribution in [0, 0.1) is 6.92 Å². The van der Waals surface area contributed by atoms with Gasteiger partial charge in [0.05, 0.1) is 5.25 Å². The van der Waals surface area contributed by atoms with E-state index in [0.717, 1.165) is 26.9 Å². The predicted octanol–water partition coefficient (Wildman–Crippen LogP) is 7.66. The molecule has 9 heteroatoms. The molecule has 0 aliphatic heterocycles. The van der Waals surface area contributed by atoms with Crippen LogP contribution >= 0.6 is 23.4 Å². The first-order chi connectivity index (χ1) is 20.8. The van der Waals surface area contributed by atoms with E-state index in [1.807, 2.05) is 62.4 Å². The van der Waals surface area contributed by atoms with E-state index in [9.17, 15) is 14.4 Å². The van der Waals surface area contributed by atoms with Gasteiger partial charge in [-0.1, -0.05) is 54.1 Å². The average molecular weight is 609 g/mol. The molecule has 7 nitrogen and oxygen atoms in total. The van der Waals surface area contributed by atoms with Gasteiger partial charge in [-0.3, -0.25) is 14.4 Å². The van der Waals surface area contributed by atoms with Crippen LogP contribution < -0.4 is 16.0 Å². The number of anilines is 2. The molecule has 1 unspecified atom stereocenters. The van der Waals surface area contributed by atoms with Crippen LogP contribution in [0.2, 0.25) is 5.02 Å². The van der Waals surface area contributed by atoms with Crippen molar-refractivity contribution in [2.24, 2.45) is 0 Å². The van der Waals surface area contributed by atoms with E-state index >= 15 is 0 Å². The third-order valence-electron chi connectivity index (χ3n) is 6.70. The molecule has 43 heavy (non-hydrogen) atoms. The lowest BCUT2D eigenvalue weighted by Crippen LogP contribution is -2.30. The summed E-state index contributed by atoms with van der Waals surface area (Å²) in [5, 5.41) is 9.68. The minimum absolute atomic E-state index is 0.0960. The maximum absolute atomic E-state index is 13.4. The van der Waals surface area contributed by atoms with Crippen molar-refractivity contribution in [1.29, 1.82) is 0 Å². The zero-order valence-electron chi connectivity index (χ0n) is 23.5. The zero-order valence-corrected chi connectivity index (χ0v) is 25.1. The molecule has 5 rings (SSSR count). The van der Waals surface area contributed by atoms with Crippen molar-refractivity contribution in [2.75, 3.05) is 10.6 Å². The maximum Gasteiger partial charge on any atom is 0.272 e. The number of hydrogen-bond acceptors (Lipinski definition) is 4. The van der Waals surface area contributed by atoms with Gasteiger partial charge in [-0.05, 0) is 80.1 Å². The van der Waals surface area contributed by atoms with Crippen molar-refractivity contribution in [1.82, 2.24) is 10.3 Å². The second-order valence-electron chi connectivity index (χ2n) is 9.85. The Labute approximate surface area is 258 Å². The Morgan fingerprint density at radius 2 is 1.60 bits per heavy atom. The summed E-state index contributed by atoms with van der Waals surface area (Å²) >= 11 is 7.47. The molecule has 0 fully saturated rings. The fourth-order valence-electron chi connectivity index (χ4n) is 4.35. The van der Waals surface area contributed by atoms with E-state index in [1.54, 1.807) is 60.8 Å². The molecule has 0 aliphatic carbocycles. The topological polar surface area (TPSA) is 103 Å². The van der Waals surface area contributed by atoms with Gasteiger partial charge in [-0.25, -0.2) is 0 Å². The van der Waals surface area contributed by atoms with Crippen LogP contribution in [0.4, 0.5) is 11.4 Å². The van der Waals surface area contributed by atoms with E-state index in [-0.39, 0.29) is 16.9 Å². The number of H-pyrrole nitrogens is 1. The molecule has 5 aromatic rings. The Morgan fingerprint density at radius 1 is 0.884 bits per heavy atom. The normalized spacial score (nSPS) is 12.0. The summed E-state index contributed by atoms with van der Waals surface area (Å²) in [6, 6.07) is 29.0. The first kappa shape index (κ1) is 29.7. The number of nitrogens with one attached hydrogen (secondary N) is 4. The number of para-hydroxylation sites is 1. The number of carbonyl (C=O) groups excluding carboxylic acids is 3. The van der Waals surface area contributed by atoms with Gasteiger partial charge < -0.3 is 20.9 Å². The summed E-state index contributed by atoms with van der Waals surface area (Å²) < 4.78 is 0. The van der Waals surface area contributed by atoms with Crippen molar-refractivity contribution in [3.63, 3.8) is 0 Å². The number of halogens is 1. The monoisotopic (exact) mass is 608 g/mol. The molecule has 0 aliphatic rings. The van der Waals surface area contributed by atoms with Gasteiger partial charge in [0, 0.05) is 49.5 Å². The van der Waals surface area contributed by atoms with Crippen molar-refractivity contribution in [3.8, 4) is 0 Å². The number of thioether (sulfide) groups is 1. The van der Waals surface area contributed by atoms with Gasteiger partial charge >= 0.3 is 0 Å². The van der Waals surface area contributed by atoms with Crippen LogP contribution in [0.25, 0.3) is 17.0 Å². The number of aryl methyl sites for hydroxylation is 1. The number of rotatable bonds is 9. The highest BCUT2D eigenvalue weighted by molar-refractivity contribution is 8.00. The van der Waals surface area contributed by atoms with E-state index in [4.69, 9.17) is 11.6 Å². The molecule has 0 saturated heterocycles. The Morgan fingerprint density at radius 3 is 2.37 bits per heavy atom. The summed E-state index contributed by atoms with van der Waals surface area (Å²) in [4.78, 5) is 43.3. The molecule has 0 radical (unpaired) electrons. The second kappa shape index (κ2) is 13.5. The first-order valence-corrected chi connectivity index (χ1v) is 14.8. The molecule has 4 aromatic carbocycles. The van der Waals surface area contributed by atoms with Crippen molar-refractivity contribution in [3.05, 3.63) is 131 Å². The molecule has 1 atom stereocenters. The fourth-order valence-corrected chi connectivity index (χ4v) is 5.39. The van der Waals surface area contributed by atoms with Gasteiger partial charge in [-0.2, -0.15) is 0 Å². The number of carbonyl (C=O) groups is 3. The second-order valence-corrected chi connectivity index (χ2v) is 11.7. The summed E-state index contributed by atoms with van der Waals surface area (Å²) in [6.07, 6.45) is 3.45. The van der Waals surface area contributed by atoms with Crippen LogP contribution in [0.5, 0.6) is 0 Å². The van der Waals surface area contributed by atoms with Crippen LogP contribution in [0.3, 0.4) is 0 Å². The number of benzene rings is 4. The summed E-state index contributed by atoms with van der Waals surface area (Å²) in [5.74, 6) is -1.01. The Bertz CT molecular complexity index is 1820. The number of hydrogen-bond donors (Lipinski definition) is 4. The van der Waals surface area contributed by atoms with Crippen molar-refractivity contribution >= 4 is 69.4 Å². The quantitative estimate of drug-likeness (QED) is 0.102. The Hall–Kier alpha value is -4.79. The first-order valence-electron chi connectivity index (χ1n) is 13.6. The molecule has 1 heterocycles. The van der Waals surface area contributed by atoms with Crippen LogP contribution in [-0.2, 0) is 9.59 Å². The zero-order chi connectivity index (χ0) is 30.3. The molecular weight excluding hydrogens is 580 g/mol. The van der Waals surface area contributed by atoms with E-state index in [1.165, 1.54) is 11.8 Å². The minimum Gasteiger partial charge on any atom is -0.361 e. The number of aromatic nitrogens is 1. The van der Waals surface area contributed by atoms with Crippen molar-refractivity contribution in [2.45, 2.75) is 24.0 Å². The Balaban J connectivity index is 1.29. The summed E-state index contributed by atoms with van der Waals surface area (Å²) in [7, 11) is 0. The molecule has 216 valence electrons. The average Bonchev–Trinajstić information content (AvgIpc) is 3.42. The lowest BCUT2D eigenvalue weighted by atomic mass is 10.1. The Kier molecular flexibility index (Phi) is 9.29. The molecule has 1 aromatic heterocycles. The molecule has 0 saturated carbocycles.